The minimum Gasteiger partial charge on any atom is -0.484 e. The van der Waals surface area contributed by atoms with Gasteiger partial charge in [0.2, 0.25) is 10.0 Å². The molecule has 10 heteroatoms. The average molecular weight is 355 g/mol. The van der Waals surface area contributed by atoms with Gasteiger partial charge in [0.1, 0.15) is 11.8 Å². The topological polar surface area (TPSA) is 92.7 Å². The van der Waals surface area contributed by atoms with E-state index in [0.29, 0.717) is 0 Å². The molecule has 0 aliphatic rings. The van der Waals surface area contributed by atoms with Gasteiger partial charge in [-0.15, -0.1) is 0 Å². The monoisotopic (exact) mass is 355 g/mol. The average Bonchev–Trinajstić information content (AvgIpc) is 2.42. The van der Waals surface area contributed by atoms with Crippen molar-refractivity contribution in [2.75, 3.05) is 6.61 Å². The minimum absolute atomic E-state index is 0.153. The number of nitrogens with one attached hydrogen (secondary N) is 1. The molecule has 130 valence electrons. The van der Waals surface area contributed by atoms with Crippen molar-refractivity contribution in [2.45, 2.75) is 31.0 Å². The Balaban J connectivity index is 2.87. The Morgan fingerprint density at radius 3 is 2.17 bits per heavy atom. The van der Waals surface area contributed by atoms with Crippen LogP contribution in [0.2, 0.25) is 0 Å². The molecule has 0 aromatic heterocycles. The maximum absolute atomic E-state index is 12.1. The van der Waals surface area contributed by atoms with Gasteiger partial charge in [0.25, 0.3) is 0 Å². The van der Waals surface area contributed by atoms with Crippen LogP contribution >= 0.6 is 0 Å². The van der Waals surface area contributed by atoms with E-state index in [2.05, 4.69) is 4.74 Å². The number of halogens is 3. The van der Waals surface area contributed by atoms with E-state index in [4.69, 9.17) is 5.11 Å². The molecule has 0 saturated heterocycles. The van der Waals surface area contributed by atoms with Crippen LogP contribution in [-0.2, 0) is 14.8 Å². The molecule has 0 radical (unpaired) electrons. The van der Waals surface area contributed by atoms with Gasteiger partial charge in [-0.25, -0.2) is 8.42 Å². The molecular formula is C13H16F3NO5S. The van der Waals surface area contributed by atoms with Gasteiger partial charge < -0.3 is 9.84 Å². The standard InChI is InChI=1S/C13H16F3NO5S/c1-8(2)11(12(18)19)17-23(20,21)10-5-3-9(4-6-10)22-7-13(14,15)16/h3-6,8,11,17H,7H2,1-2H3,(H,18,19)/t11-/m1/s1. The molecule has 1 aromatic carbocycles. The lowest BCUT2D eigenvalue weighted by atomic mass is 10.1. The predicted octanol–water partition coefficient (Wildman–Crippen LogP) is 2.02. The molecule has 0 amide bonds. The first-order valence-electron chi connectivity index (χ1n) is 6.47. The van der Waals surface area contributed by atoms with E-state index in [1.165, 1.54) is 13.8 Å². The molecule has 6 nitrogen and oxygen atoms in total. The van der Waals surface area contributed by atoms with Gasteiger partial charge >= 0.3 is 12.1 Å². The number of hydrogen-bond acceptors (Lipinski definition) is 4. The van der Waals surface area contributed by atoms with Crippen LogP contribution in [0.1, 0.15) is 13.8 Å². The Labute approximate surface area is 131 Å². The van der Waals surface area contributed by atoms with Gasteiger partial charge in [-0.3, -0.25) is 4.79 Å². The molecule has 0 heterocycles. The summed E-state index contributed by atoms with van der Waals surface area (Å²) >= 11 is 0. The Morgan fingerprint density at radius 2 is 1.78 bits per heavy atom. The summed E-state index contributed by atoms with van der Waals surface area (Å²) in [7, 11) is -4.12. The second-order valence-electron chi connectivity index (χ2n) is 5.06. The lowest BCUT2D eigenvalue weighted by Crippen LogP contribution is -2.44. The number of carbonyl (C=O) groups is 1. The van der Waals surface area contributed by atoms with Crippen LogP contribution in [0.3, 0.4) is 0 Å². The van der Waals surface area contributed by atoms with E-state index in [1.54, 1.807) is 0 Å². The van der Waals surface area contributed by atoms with Gasteiger partial charge in [-0.2, -0.15) is 17.9 Å². The van der Waals surface area contributed by atoms with Gasteiger partial charge in [0.05, 0.1) is 4.90 Å². The normalized spacial score (nSPS) is 13.8. The number of hydrogen-bond donors (Lipinski definition) is 2. The first kappa shape index (κ1) is 19.2. The first-order chi connectivity index (χ1) is 10.4. The zero-order valence-corrected chi connectivity index (χ0v) is 13.1. The fourth-order valence-corrected chi connectivity index (χ4v) is 2.92. The van der Waals surface area contributed by atoms with Crippen LogP contribution in [0.25, 0.3) is 0 Å². The molecule has 0 aliphatic carbocycles. The summed E-state index contributed by atoms with van der Waals surface area (Å²) in [6.45, 7) is 1.58. The van der Waals surface area contributed by atoms with Crippen molar-refractivity contribution in [1.29, 1.82) is 0 Å². The number of benzene rings is 1. The molecular weight excluding hydrogens is 339 g/mol. The van der Waals surface area contributed by atoms with E-state index in [9.17, 15) is 26.4 Å². The van der Waals surface area contributed by atoms with E-state index in [1.807, 2.05) is 4.72 Å². The molecule has 0 unspecified atom stereocenters. The van der Waals surface area contributed by atoms with E-state index >= 15 is 0 Å². The predicted molar refractivity (Wildman–Crippen MR) is 74.6 cm³/mol. The van der Waals surface area contributed by atoms with Crippen molar-refractivity contribution in [3.63, 3.8) is 0 Å². The van der Waals surface area contributed by atoms with E-state index in [0.717, 1.165) is 24.3 Å². The Kier molecular flexibility index (Phi) is 6.00. The number of carboxylic acids is 1. The zero-order valence-electron chi connectivity index (χ0n) is 12.3. The Hall–Kier alpha value is -1.81. The molecule has 2 N–H and O–H groups in total. The number of carboxylic acid groups (broad SMARTS) is 1. The molecule has 0 spiro atoms. The molecule has 0 saturated carbocycles. The van der Waals surface area contributed by atoms with E-state index in [-0.39, 0.29) is 10.6 Å². The highest BCUT2D eigenvalue weighted by Crippen LogP contribution is 2.20. The van der Waals surface area contributed by atoms with Crippen molar-refractivity contribution in [3.8, 4) is 5.75 Å². The van der Waals surface area contributed by atoms with Crippen LogP contribution in [0.4, 0.5) is 13.2 Å². The number of sulfonamides is 1. The first-order valence-corrected chi connectivity index (χ1v) is 7.95. The van der Waals surface area contributed by atoms with Crippen LogP contribution in [0.15, 0.2) is 29.2 Å². The van der Waals surface area contributed by atoms with Crippen molar-refractivity contribution in [1.82, 2.24) is 4.72 Å². The van der Waals surface area contributed by atoms with Gasteiger partial charge in [-0.1, -0.05) is 13.8 Å². The maximum atomic E-state index is 12.1. The highest BCUT2D eigenvalue weighted by Gasteiger charge is 2.29. The van der Waals surface area contributed by atoms with Crippen LogP contribution < -0.4 is 9.46 Å². The third-order valence-corrected chi connectivity index (χ3v) is 4.21. The molecule has 0 aliphatic heterocycles. The number of alkyl halides is 3. The smallest absolute Gasteiger partial charge is 0.422 e. The van der Waals surface area contributed by atoms with Crippen LogP contribution in [-0.4, -0.2) is 38.3 Å². The summed E-state index contributed by atoms with van der Waals surface area (Å²) in [6, 6.07) is 2.87. The number of rotatable bonds is 7. The SMILES string of the molecule is CC(C)[C@@H](NS(=O)(=O)c1ccc(OCC(F)(F)F)cc1)C(=O)O. The van der Waals surface area contributed by atoms with Crippen LogP contribution in [0.5, 0.6) is 5.75 Å². The molecule has 1 aromatic rings. The van der Waals surface area contributed by atoms with Crippen molar-refractivity contribution in [3.05, 3.63) is 24.3 Å². The molecule has 1 atom stereocenters. The lowest BCUT2D eigenvalue weighted by Gasteiger charge is -2.18. The summed E-state index contributed by atoms with van der Waals surface area (Å²) in [6.07, 6.45) is -4.50. The van der Waals surface area contributed by atoms with Gasteiger partial charge in [-0.05, 0) is 30.2 Å². The number of ether oxygens (including phenoxy) is 1. The fourth-order valence-electron chi connectivity index (χ4n) is 1.59. The summed E-state index contributed by atoms with van der Waals surface area (Å²) in [4.78, 5) is 10.8. The van der Waals surface area contributed by atoms with Crippen molar-refractivity contribution >= 4 is 16.0 Å². The fraction of sp³-hybridized carbons (Fsp3) is 0.462. The minimum atomic E-state index is -4.50. The second-order valence-corrected chi connectivity index (χ2v) is 6.77. The maximum Gasteiger partial charge on any atom is 0.422 e. The third kappa shape index (κ3) is 6.06. The summed E-state index contributed by atoms with van der Waals surface area (Å²) in [5.41, 5.74) is 0. The summed E-state index contributed by atoms with van der Waals surface area (Å²) in [5.74, 6) is -1.97. The molecule has 0 bridgehead atoms. The highest BCUT2D eigenvalue weighted by molar-refractivity contribution is 7.89. The lowest BCUT2D eigenvalue weighted by molar-refractivity contribution is -0.153. The van der Waals surface area contributed by atoms with Gasteiger partial charge in [0, 0.05) is 0 Å². The molecule has 1 rings (SSSR count). The zero-order chi connectivity index (χ0) is 17.8. The van der Waals surface area contributed by atoms with Gasteiger partial charge in [0.15, 0.2) is 6.61 Å². The molecule has 23 heavy (non-hydrogen) atoms. The van der Waals surface area contributed by atoms with Crippen LogP contribution in [0, 0.1) is 5.92 Å². The van der Waals surface area contributed by atoms with Crippen molar-refractivity contribution in [2.24, 2.45) is 5.92 Å². The largest absolute Gasteiger partial charge is 0.484 e. The quantitative estimate of drug-likeness (QED) is 0.781. The highest BCUT2D eigenvalue weighted by atomic mass is 32.2. The second kappa shape index (κ2) is 7.18. The molecule has 0 fully saturated rings. The summed E-state index contributed by atoms with van der Waals surface area (Å²) < 4.78 is 66.7. The Bertz CT molecular complexity index is 641. The number of aliphatic carboxylic acids is 1. The Morgan fingerprint density at radius 1 is 1.26 bits per heavy atom. The van der Waals surface area contributed by atoms with E-state index < -0.39 is 40.7 Å². The van der Waals surface area contributed by atoms with Crippen molar-refractivity contribution < 1.29 is 36.2 Å². The summed E-state index contributed by atoms with van der Waals surface area (Å²) in [5, 5.41) is 8.99. The third-order valence-electron chi connectivity index (χ3n) is 2.75.